The molecular weight excluding hydrogens is 222 g/mol. The van der Waals surface area contributed by atoms with E-state index in [-0.39, 0.29) is 5.69 Å². The van der Waals surface area contributed by atoms with Gasteiger partial charge in [-0.1, -0.05) is 30.0 Å². The van der Waals surface area contributed by atoms with Gasteiger partial charge >= 0.3 is 0 Å². The second-order valence-electron chi connectivity index (χ2n) is 3.17. The molecule has 0 radical (unpaired) electrons. The summed E-state index contributed by atoms with van der Waals surface area (Å²) in [6.07, 6.45) is 0. The summed E-state index contributed by atoms with van der Waals surface area (Å²) >= 11 is 1.59. The molecule has 0 fully saturated rings. The molecule has 0 unspecified atom stereocenters. The first-order chi connectivity index (χ1) is 7.75. The fraction of sp³-hybridized carbons (Fsp3) is 0. The average Bonchev–Trinajstić information content (AvgIpc) is 2.31. The van der Waals surface area contributed by atoms with Crippen LogP contribution in [-0.4, -0.2) is 4.92 Å². The molecule has 2 aromatic rings. The Morgan fingerprint density at radius 3 is 2.00 bits per heavy atom. The molecule has 0 N–H and O–H groups in total. The molecule has 4 heteroatoms. The molecule has 2 aromatic carbocycles. The first-order valence-electron chi connectivity index (χ1n) is 4.73. The Kier molecular flexibility index (Phi) is 3.22. The topological polar surface area (TPSA) is 43.1 Å². The smallest absolute Gasteiger partial charge is 0.258 e. The van der Waals surface area contributed by atoms with Crippen molar-refractivity contribution in [1.29, 1.82) is 0 Å². The predicted octanol–water partition coefficient (Wildman–Crippen LogP) is 3.75. The number of benzene rings is 2. The Labute approximate surface area is 97.3 Å². The second kappa shape index (κ2) is 4.81. The Bertz CT molecular complexity index is 482. The van der Waals surface area contributed by atoms with E-state index in [1.165, 1.54) is 12.1 Å². The van der Waals surface area contributed by atoms with Crippen molar-refractivity contribution in [3.63, 3.8) is 0 Å². The van der Waals surface area contributed by atoms with Crippen LogP contribution < -0.4 is 0 Å². The Morgan fingerprint density at radius 2 is 1.44 bits per heavy atom. The van der Waals surface area contributed by atoms with Crippen LogP contribution in [0.2, 0.25) is 0 Å². The lowest BCUT2D eigenvalue weighted by atomic mass is 10.3. The molecule has 0 amide bonds. The van der Waals surface area contributed by atoms with Crippen LogP contribution in [0.15, 0.2) is 64.4 Å². The third-order valence-corrected chi connectivity index (χ3v) is 3.04. The zero-order valence-corrected chi connectivity index (χ0v) is 9.18. The number of nitro benzene ring substituents is 1. The van der Waals surface area contributed by atoms with Gasteiger partial charge in [0.1, 0.15) is 0 Å². The van der Waals surface area contributed by atoms with E-state index in [1.54, 1.807) is 23.9 Å². The number of hydrogen-bond acceptors (Lipinski definition) is 3. The van der Waals surface area contributed by atoms with Gasteiger partial charge in [0.2, 0.25) is 0 Å². The highest BCUT2D eigenvalue weighted by Gasteiger charge is 2.04. The summed E-state index contributed by atoms with van der Waals surface area (Å²) < 4.78 is 0. The zero-order valence-electron chi connectivity index (χ0n) is 8.37. The van der Waals surface area contributed by atoms with Crippen LogP contribution in [0.4, 0.5) is 5.69 Å². The molecule has 2 rings (SSSR count). The van der Waals surface area contributed by atoms with Crippen LogP contribution in [-0.2, 0) is 0 Å². The molecule has 3 nitrogen and oxygen atoms in total. The maximum atomic E-state index is 10.5. The molecule has 16 heavy (non-hydrogen) atoms. The molecule has 0 aliphatic heterocycles. The van der Waals surface area contributed by atoms with E-state index in [0.29, 0.717) is 0 Å². The van der Waals surface area contributed by atoms with Gasteiger partial charge in [-0.05, 0) is 24.3 Å². The van der Waals surface area contributed by atoms with Gasteiger partial charge in [0.15, 0.2) is 0 Å². The van der Waals surface area contributed by atoms with Gasteiger partial charge in [0.05, 0.1) is 4.92 Å². The molecule has 0 aliphatic rings. The molecule has 80 valence electrons. The molecule has 0 aromatic heterocycles. The molecule has 0 saturated heterocycles. The van der Waals surface area contributed by atoms with Crippen LogP contribution in [0.3, 0.4) is 0 Å². The number of non-ortho nitro benzene ring substituents is 1. The monoisotopic (exact) mass is 231 g/mol. The van der Waals surface area contributed by atoms with Gasteiger partial charge in [0.25, 0.3) is 5.69 Å². The minimum atomic E-state index is -0.392. The van der Waals surface area contributed by atoms with Crippen LogP contribution >= 0.6 is 11.8 Å². The fourth-order valence-electron chi connectivity index (χ4n) is 1.26. The van der Waals surface area contributed by atoms with Crippen molar-refractivity contribution >= 4 is 17.4 Å². The normalized spacial score (nSPS) is 10.0. The van der Waals surface area contributed by atoms with E-state index in [1.807, 2.05) is 30.3 Å². The summed E-state index contributed by atoms with van der Waals surface area (Å²) in [7, 11) is 0. The third-order valence-electron chi connectivity index (χ3n) is 2.03. The van der Waals surface area contributed by atoms with Gasteiger partial charge in [-0.3, -0.25) is 10.1 Å². The van der Waals surface area contributed by atoms with Crippen molar-refractivity contribution in [2.45, 2.75) is 9.79 Å². The number of nitrogens with zero attached hydrogens (tertiary/aromatic N) is 1. The summed E-state index contributed by atoms with van der Waals surface area (Å²) in [6, 6.07) is 16.5. The highest BCUT2D eigenvalue weighted by molar-refractivity contribution is 7.99. The van der Waals surface area contributed by atoms with E-state index in [2.05, 4.69) is 0 Å². The van der Waals surface area contributed by atoms with E-state index in [0.717, 1.165) is 9.79 Å². The van der Waals surface area contributed by atoms with Crippen molar-refractivity contribution in [1.82, 2.24) is 0 Å². The van der Waals surface area contributed by atoms with E-state index in [4.69, 9.17) is 0 Å². The quantitative estimate of drug-likeness (QED) is 0.597. The lowest BCUT2D eigenvalue weighted by Gasteiger charge is -2.00. The minimum Gasteiger partial charge on any atom is -0.258 e. The summed E-state index contributed by atoms with van der Waals surface area (Å²) in [5.74, 6) is 0. The van der Waals surface area contributed by atoms with Gasteiger partial charge < -0.3 is 0 Å². The molecule has 0 bridgehead atoms. The maximum Gasteiger partial charge on any atom is 0.269 e. The van der Waals surface area contributed by atoms with Crippen molar-refractivity contribution in [2.75, 3.05) is 0 Å². The molecule has 0 aliphatic carbocycles. The van der Waals surface area contributed by atoms with Gasteiger partial charge in [0, 0.05) is 21.9 Å². The lowest BCUT2D eigenvalue weighted by molar-refractivity contribution is -0.384. The summed E-state index contributed by atoms with van der Waals surface area (Å²) in [4.78, 5) is 12.2. The molecule has 0 atom stereocenters. The summed E-state index contributed by atoms with van der Waals surface area (Å²) in [5.41, 5.74) is 0.123. The Balaban J connectivity index is 2.14. The van der Waals surface area contributed by atoms with Crippen molar-refractivity contribution < 1.29 is 4.92 Å². The number of rotatable bonds is 3. The maximum absolute atomic E-state index is 10.5. The molecule has 0 saturated carbocycles. The standard InChI is InChI=1S/C12H9NO2S/c14-13(15)10-6-8-12(9-7-10)16-11-4-2-1-3-5-11/h1-9H. The predicted molar refractivity (Wildman–Crippen MR) is 63.7 cm³/mol. The first kappa shape index (κ1) is 10.7. The SMILES string of the molecule is O=[N+]([O-])c1ccc(Sc2ccccc2)cc1. The summed E-state index contributed by atoms with van der Waals surface area (Å²) in [6.45, 7) is 0. The highest BCUT2D eigenvalue weighted by Crippen LogP contribution is 2.28. The zero-order chi connectivity index (χ0) is 11.4. The van der Waals surface area contributed by atoms with Crippen molar-refractivity contribution in [3.05, 3.63) is 64.7 Å². The van der Waals surface area contributed by atoms with E-state index < -0.39 is 4.92 Å². The number of nitro groups is 1. The van der Waals surface area contributed by atoms with Crippen molar-refractivity contribution in [3.8, 4) is 0 Å². The minimum absolute atomic E-state index is 0.123. The van der Waals surface area contributed by atoms with Gasteiger partial charge in [-0.2, -0.15) is 0 Å². The Hall–Kier alpha value is -1.81. The second-order valence-corrected chi connectivity index (χ2v) is 4.31. The fourth-order valence-corrected chi connectivity index (χ4v) is 2.10. The first-order valence-corrected chi connectivity index (χ1v) is 5.55. The van der Waals surface area contributed by atoms with Gasteiger partial charge in [-0.25, -0.2) is 0 Å². The summed E-state index contributed by atoms with van der Waals surface area (Å²) in [5, 5.41) is 10.5. The molecule has 0 heterocycles. The average molecular weight is 231 g/mol. The third kappa shape index (κ3) is 2.61. The van der Waals surface area contributed by atoms with E-state index >= 15 is 0 Å². The van der Waals surface area contributed by atoms with E-state index in [9.17, 15) is 10.1 Å². The van der Waals surface area contributed by atoms with Crippen LogP contribution in [0, 0.1) is 10.1 Å². The molecular formula is C12H9NO2S. The lowest BCUT2D eigenvalue weighted by Crippen LogP contribution is -1.86. The van der Waals surface area contributed by atoms with Crippen LogP contribution in [0.25, 0.3) is 0 Å². The van der Waals surface area contributed by atoms with Gasteiger partial charge in [-0.15, -0.1) is 0 Å². The highest BCUT2D eigenvalue weighted by atomic mass is 32.2. The number of hydrogen-bond donors (Lipinski definition) is 0. The molecule has 0 spiro atoms. The largest absolute Gasteiger partial charge is 0.269 e. The Morgan fingerprint density at radius 1 is 0.875 bits per heavy atom. The van der Waals surface area contributed by atoms with Crippen LogP contribution in [0.5, 0.6) is 0 Å². The van der Waals surface area contributed by atoms with Crippen LogP contribution in [0.1, 0.15) is 0 Å². The van der Waals surface area contributed by atoms with Crippen molar-refractivity contribution in [2.24, 2.45) is 0 Å².